The van der Waals surface area contributed by atoms with E-state index in [0.717, 1.165) is 5.56 Å². The van der Waals surface area contributed by atoms with E-state index in [0.29, 0.717) is 16.5 Å². The van der Waals surface area contributed by atoms with E-state index < -0.39 is 15.9 Å². The molecule has 0 spiro atoms. The highest BCUT2D eigenvalue weighted by Gasteiger charge is 2.28. The Labute approximate surface area is 150 Å². The molecule has 1 aromatic heterocycles. The fourth-order valence-electron chi connectivity index (χ4n) is 2.39. The lowest BCUT2D eigenvalue weighted by molar-refractivity contribution is 0.0949. The van der Waals surface area contributed by atoms with Gasteiger partial charge in [0, 0.05) is 16.6 Å². The third kappa shape index (κ3) is 4.10. The molecule has 2 aromatic rings. The SMILES string of the molecule is Cc1oc(C)c(S(N)(=O)=O)c1C(=O)NCCc1ccc(Cl)cc1Cl. The molecule has 2 rings (SSSR count). The molecule has 0 fully saturated rings. The molecule has 130 valence electrons. The standard InChI is InChI=1S/C15H16Cl2N2O4S/c1-8-13(14(9(2)23-8)24(18,21)22)15(20)19-6-5-10-3-4-11(16)7-12(10)17/h3-4,7H,5-6H2,1-2H3,(H,19,20)(H2,18,21,22). The number of sulfonamides is 1. The fraction of sp³-hybridized carbons (Fsp3) is 0.267. The maximum Gasteiger partial charge on any atom is 0.256 e. The summed E-state index contributed by atoms with van der Waals surface area (Å²) in [6.07, 6.45) is 0.461. The number of carbonyl (C=O) groups excluding carboxylic acids is 1. The molecular formula is C15H16Cl2N2O4S. The van der Waals surface area contributed by atoms with E-state index in [-0.39, 0.29) is 28.5 Å². The molecular weight excluding hydrogens is 375 g/mol. The number of hydrogen-bond acceptors (Lipinski definition) is 4. The predicted molar refractivity (Wildman–Crippen MR) is 92.1 cm³/mol. The van der Waals surface area contributed by atoms with Crippen LogP contribution in [0.25, 0.3) is 0 Å². The molecule has 0 atom stereocenters. The van der Waals surface area contributed by atoms with Gasteiger partial charge in [-0.05, 0) is 38.0 Å². The van der Waals surface area contributed by atoms with Crippen molar-refractivity contribution in [1.82, 2.24) is 5.32 Å². The molecule has 0 saturated heterocycles. The highest BCUT2D eigenvalue weighted by Crippen LogP contribution is 2.25. The molecule has 0 aliphatic carbocycles. The zero-order valence-electron chi connectivity index (χ0n) is 13.0. The van der Waals surface area contributed by atoms with Gasteiger partial charge in [0.2, 0.25) is 10.0 Å². The average molecular weight is 391 g/mol. The van der Waals surface area contributed by atoms with Crippen LogP contribution in [0.15, 0.2) is 27.5 Å². The highest BCUT2D eigenvalue weighted by atomic mass is 35.5. The zero-order valence-corrected chi connectivity index (χ0v) is 15.3. The zero-order chi connectivity index (χ0) is 18.1. The van der Waals surface area contributed by atoms with Gasteiger partial charge in [-0.3, -0.25) is 4.79 Å². The van der Waals surface area contributed by atoms with Crippen LogP contribution in [0.5, 0.6) is 0 Å². The van der Waals surface area contributed by atoms with E-state index in [1.54, 1.807) is 18.2 Å². The summed E-state index contributed by atoms with van der Waals surface area (Å²) in [7, 11) is -4.07. The second-order valence-corrected chi connectivity index (χ2v) is 7.55. The summed E-state index contributed by atoms with van der Waals surface area (Å²) in [4.78, 5) is 12.0. The van der Waals surface area contributed by atoms with Crippen LogP contribution in [0.3, 0.4) is 0 Å². The minimum absolute atomic E-state index is 0.0720. The molecule has 0 radical (unpaired) electrons. The monoisotopic (exact) mass is 390 g/mol. The number of furan rings is 1. The molecule has 1 heterocycles. The van der Waals surface area contributed by atoms with Gasteiger partial charge in [0.05, 0.1) is 0 Å². The van der Waals surface area contributed by atoms with Crippen molar-refractivity contribution >= 4 is 39.1 Å². The number of benzene rings is 1. The number of primary sulfonamides is 1. The van der Waals surface area contributed by atoms with E-state index in [1.807, 2.05) is 0 Å². The van der Waals surface area contributed by atoms with Crippen molar-refractivity contribution in [3.05, 3.63) is 50.9 Å². The van der Waals surface area contributed by atoms with Gasteiger partial charge in [-0.15, -0.1) is 0 Å². The number of hydrogen-bond donors (Lipinski definition) is 2. The van der Waals surface area contributed by atoms with Crippen molar-refractivity contribution in [2.45, 2.75) is 25.2 Å². The molecule has 3 N–H and O–H groups in total. The summed E-state index contributed by atoms with van der Waals surface area (Å²) in [6, 6.07) is 5.08. The Morgan fingerprint density at radius 1 is 1.25 bits per heavy atom. The maximum atomic E-state index is 12.3. The van der Waals surface area contributed by atoms with Crippen LogP contribution in [-0.2, 0) is 16.4 Å². The number of nitrogens with one attached hydrogen (secondary N) is 1. The van der Waals surface area contributed by atoms with Crippen LogP contribution >= 0.6 is 23.2 Å². The number of amides is 1. The number of carbonyl (C=O) groups is 1. The van der Waals surface area contributed by atoms with Crippen molar-refractivity contribution in [1.29, 1.82) is 0 Å². The lowest BCUT2D eigenvalue weighted by Gasteiger charge is -2.08. The smallest absolute Gasteiger partial charge is 0.256 e. The molecule has 9 heteroatoms. The first-order valence-corrected chi connectivity index (χ1v) is 9.26. The predicted octanol–water partition coefficient (Wildman–Crippen LogP) is 2.82. The molecule has 24 heavy (non-hydrogen) atoms. The first-order valence-electron chi connectivity index (χ1n) is 6.96. The number of nitrogens with two attached hydrogens (primary N) is 1. The topological polar surface area (TPSA) is 102 Å². The minimum atomic E-state index is -4.07. The lowest BCUT2D eigenvalue weighted by atomic mass is 10.1. The van der Waals surface area contributed by atoms with Crippen molar-refractivity contribution in [3.8, 4) is 0 Å². The largest absolute Gasteiger partial charge is 0.464 e. The maximum absolute atomic E-state index is 12.3. The van der Waals surface area contributed by atoms with Gasteiger partial charge in [0.25, 0.3) is 5.91 Å². The van der Waals surface area contributed by atoms with Crippen LogP contribution in [0, 0.1) is 13.8 Å². The van der Waals surface area contributed by atoms with Crippen LogP contribution in [0.2, 0.25) is 10.0 Å². The van der Waals surface area contributed by atoms with Crippen LogP contribution in [0.4, 0.5) is 0 Å². The van der Waals surface area contributed by atoms with Gasteiger partial charge in [0.1, 0.15) is 22.0 Å². The highest BCUT2D eigenvalue weighted by molar-refractivity contribution is 7.89. The Hall–Kier alpha value is -1.54. The summed E-state index contributed by atoms with van der Waals surface area (Å²) < 4.78 is 28.6. The third-order valence-corrected chi connectivity index (χ3v) is 5.06. The lowest BCUT2D eigenvalue weighted by Crippen LogP contribution is -2.28. The van der Waals surface area contributed by atoms with Crippen molar-refractivity contribution < 1.29 is 17.6 Å². The van der Waals surface area contributed by atoms with Crippen molar-refractivity contribution in [2.75, 3.05) is 6.54 Å². The Balaban J connectivity index is 2.14. The fourth-order valence-corrected chi connectivity index (χ4v) is 3.86. The number of aryl methyl sites for hydroxylation is 2. The second kappa shape index (κ2) is 7.14. The van der Waals surface area contributed by atoms with Gasteiger partial charge >= 0.3 is 0 Å². The van der Waals surface area contributed by atoms with Crippen LogP contribution in [-0.4, -0.2) is 20.9 Å². The van der Waals surface area contributed by atoms with E-state index >= 15 is 0 Å². The Bertz CT molecular complexity index is 891. The van der Waals surface area contributed by atoms with Gasteiger partial charge in [-0.2, -0.15) is 0 Å². The Morgan fingerprint density at radius 3 is 2.50 bits per heavy atom. The summed E-state index contributed by atoms with van der Waals surface area (Å²) in [5, 5.41) is 8.83. The normalized spacial score (nSPS) is 11.5. The van der Waals surface area contributed by atoms with Gasteiger partial charge < -0.3 is 9.73 Å². The van der Waals surface area contributed by atoms with Gasteiger partial charge in [-0.25, -0.2) is 13.6 Å². The van der Waals surface area contributed by atoms with E-state index in [2.05, 4.69) is 5.32 Å². The van der Waals surface area contributed by atoms with Crippen molar-refractivity contribution in [3.63, 3.8) is 0 Å². The van der Waals surface area contributed by atoms with Crippen LogP contribution in [0.1, 0.15) is 27.4 Å². The molecule has 0 unspecified atom stereocenters. The quantitative estimate of drug-likeness (QED) is 0.818. The summed E-state index contributed by atoms with van der Waals surface area (Å²) >= 11 is 11.9. The Kier molecular flexibility index (Phi) is 5.59. The number of halogens is 2. The molecule has 0 aliphatic heterocycles. The summed E-state index contributed by atoms with van der Waals surface area (Å²) in [6.45, 7) is 3.21. The molecule has 1 aromatic carbocycles. The molecule has 0 bridgehead atoms. The molecule has 1 amide bonds. The molecule has 0 aliphatic rings. The summed E-state index contributed by atoms with van der Waals surface area (Å²) in [5.74, 6) is -0.294. The van der Waals surface area contributed by atoms with Crippen molar-refractivity contribution in [2.24, 2.45) is 5.14 Å². The third-order valence-electron chi connectivity index (χ3n) is 3.41. The second-order valence-electron chi connectivity index (χ2n) is 5.21. The van der Waals surface area contributed by atoms with Gasteiger partial charge in [-0.1, -0.05) is 29.3 Å². The minimum Gasteiger partial charge on any atom is -0.464 e. The van der Waals surface area contributed by atoms with Crippen LogP contribution < -0.4 is 10.5 Å². The first kappa shape index (κ1) is 18.8. The van der Waals surface area contributed by atoms with E-state index in [9.17, 15) is 13.2 Å². The van der Waals surface area contributed by atoms with E-state index in [4.69, 9.17) is 32.8 Å². The Morgan fingerprint density at radius 2 is 1.92 bits per heavy atom. The van der Waals surface area contributed by atoms with Gasteiger partial charge in [0.15, 0.2) is 0 Å². The molecule has 0 saturated carbocycles. The van der Waals surface area contributed by atoms with E-state index in [1.165, 1.54) is 13.8 Å². The number of rotatable bonds is 5. The average Bonchev–Trinajstić information content (AvgIpc) is 2.75. The molecule has 6 nitrogen and oxygen atoms in total. The summed E-state index contributed by atoms with van der Waals surface area (Å²) in [5.41, 5.74) is 0.741. The first-order chi connectivity index (χ1) is 11.1.